The third-order valence-electron chi connectivity index (χ3n) is 11.0. The topological polar surface area (TPSA) is 131 Å². The molecule has 6 aliphatic rings. The van der Waals surface area contributed by atoms with E-state index in [-0.39, 0.29) is 30.7 Å². The van der Waals surface area contributed by atoms with Crippen molar-refractivity contribution in [3.8, 4) is 0 Å². The molecule has 2 aliphatic carbocycles. The first-order chi connectivity index (χ1) is 17.8. The standard InChI is InChI=1S/C28H32O10/c1-13(29)35-18-19-24(2,3)37-16-10-17(30)34-12-27(16,19)15-6-8-25(4)21(14-7-9-33-11-14)36-23(32)22-28(25,38-22)26(15,5)20(18)31/h7,9,11,15-16,18-19,21-22H,6,8,10,12H2,1-5H3/t15-,16+,18+,19+,21+,22-,25+,26+,27+,28-/m1/s1. The molecule has 6 fully saturated rings. The first kappa shape index (κ1) is 24.3. The minimum absolute atomic E-state index is 0.0434. The summed E-state index contributed by atoms with van der Waals surface area (Å²) in [7, 11) is 0. The number of carbonyl (C=O) groups is 4. The maximum atomic E-state index is 14.8. The van der Waals surface area contributed by atoms with Gasteiger partial charge in [0, 0.05) is 29.2 Å². The van der Waals surface area contributed by atoms with E-state index in [1.165, 1.54) is 13.2 Å². The van der Waals surface area contributed by atoms with Gasteiger partial charge in [0.2, 0.25) is 0 Å². The Morgan fingerprint density at radius 3 is 2.53 bits per heavy atom. The Bertz CT molecular complexity index is 1270. The Kier molecular flexibility index (Phi) is 4.53. The van der Waals surface area contributed by atoms with Crippen LogP contribution in [0.4, 0.5) is 0 Å². The van der Waals surface area contributed by atoms with Gasteiger partial charge in [0.15, 0.2) is 18.0 Å². The minimum atomic E-state index is -1.26. The zero-order chi connectivity index (χ0) is 27.0. The zero-order valence-electron chi connectivity index (χ0n) is 22.1. The fraction of sp³-hybridized carbons (Fsp3) is 0.714. The van der Waals surface area contributed by atoms with Crippen LogP contribution in [-0.2, 0) is 42.9 Å². The number of rotatable bonds is 2. The summed E-state index contributed by atoms with van der Waals surface area (Å²) < 4.78 is 35.7. The lowest BCUT2D eigenvalue weighted by Gasteiger charge is -2.65. The Morgan fingerprint density at radius 2 is 1.84 bits per heavy atom. The Labute approximate surface area is 219 Å². The van der Waals surface area contributed by atoms with Crippen LogP contribution in [0.2, 0.25) is 0 Å². The number of epoxide rings is 1. The fourth-order valence-electron chi connectivity index (χ4n) is 9.78. The number of cyclic esters (lactones) is 2. The summed E-state index contributed by atoms with van der Waals surface area (Å²) in [4.78, 5) is 53.0. The van der Waals surface area contributed by atoms with Crippen molar-refractivity contribution >= 4 is 23.7 Å². The number of ether oxygens (including phenoxy) is 5. The van der Waals surface area contributed by atoms with E-state index in [4.69, 9.17) is 28.1 Å². The summed E-state index contributed by atoms with van der Waals surface area (Å²) in [5, 5.41) is 0. The van der Waals surface area contributed by atoms with Gasteiger partial charge in [-0.15, -0.1) is 0 Å². The van der Waals surface area contributed by atoms with Crippen molar-refractivity contribution in [2.75, 3.05) is 6.61 Å². The number of Topliss-reactive ketones (excluding diaryl/α,β-unsaturated/α-hetero) is 1. The van der Waals surface area contributed by atoms with E-state index in [0.29, 0.717) is 18.4 Å². The molecule has 204 valence electrons. The molecule has 0 N–H and O–H groups in total. The van der Waals surface area contributed by atoms with Gasteiger partial charge in [-0.2, -0.15) is 0 Å². The van der Waals surface area contributed by atoms with Crippen LogP contribution in [-0.4, -0.2) is 59.8 Å². The van der Waals surface area contributed by atoms with Gasteiger partial charge in [-0.05, 0) is 45.6 Å². The lowest BCUT2D eigenvalue weighted by atomic mass is 9.36. The molecule has 5 heterocycles. The number of esters is 3. The number of hydrogen-bond acceptors (Lipinski definition) is 10. The van der Waals surface area contributed by atoms with Gasteiger partial charge >= 0.3 is 17.9 Å². The third-order valence-corrected chi connectivity index (χ3v) is 11.0. The van der Waals surface area contributed by atoms with E-state index in [1.54, 1.807) is 12.3 Å². The van der Waals surface area contributed by atoms with Gasteiger partial charge < -0.3 is 28.1 Å². The van der Waals surface area contributed by atoms with E-state index in [1.807, 2.05) is 27.7 Å². The molecule has 0 aromatic carbocycles. The lowest BCUT2D eigenvalue weighted by molar-refractivity contribution is -0.240. The molecular formula is C28H32O10. The Balaban J connectivity index is 1.45. The predicted octanol–water partition coefficient (Wildman–Crippen LogP) is 2.68. The van der Waals surface area contributed by atoms with Crippen molar-refractivity contribution in [3.05, 3.63) is 24.2 Å². The molecule has 38 heavy (non-hydrogen) atoms. The molecule has 0 radical (unpaired) electrons. The molecule has 2 saturated carbocycles. The molecule has 0 amide bonds. The normalized spacial score (nSPS) is 49.9. The summed E-state index contributed by atoms with van der Waals surface area (Å²) in [5.74, 6) is -2.65. The Morgan fingerprint density at radius 1 is 1.08 bits per heavy atom. The van der Waals surface area contributed by atoms with E-state index in [9.17, 15) is 19.2 Å². The number of furan rings is 1. The number of ketones is 1. The molecular weight excluding hydrogens is 496 g/mol. The van der Waals surface area contributed by atoms with Crippen molar-refractivity contribution in [1.82, 2.24) is 0 Å². The molecule has 0 unspecified atom stereocenters. The minimum Gasteiger partial charge on any atom is -0.472 e. The quantitative estimate of drug-likeness (QED) is 0.321. The summed E-state index contributed by atoms with van der Waals surface area (Å²) in [6.45, 7) is 8.93. The monoisotopic (exact) mass is 528 g/mol. The maximum absolute atomic E-state index is 14.8. The van der Waals surface area contributed by atoms with Crippen LogP contribution >= 0.6 is 0 Å². The number of fused-ring (bicyclic) bond motifs is 1. The maximum Gasteiger partial charge on any atom is 0.339 e. The van der Waals surface area contributed by atoms with Crippen molar-refractivity contribution < 1.29 is 47.3 Å². The molecule has 4 aliphatic heterocycles. The summed E-state index contributed by atoms with van der Waals surface area (Å²) in [6, 6.07) is 1.76. The van der Waals surface area contributed by atoms with Crippen LogP contribution in [0.1, 0.15) is 65.5 Å². The molecule has 0 bridgehead atoms. The van der Waals surface area contributed by atoms with Crippen LogP contribution in [0, 0.1) is 28.1 Å². The van der Waals surface area contributed by atoms with Gasteiger partial charge in [-0.25, -0.2) is 4.79 Å². The first-order valence-electron chi connectivity index (χ1n) is 13.3. The van der Waals surface area contributed by atoms with Gasteiger partial charge in [0.1, 0.15) is 18.3 Å². The number of carbonyl (C=O) groups excluding carboxylic acids is 4. The van der Waals surface area contributed by atoms with Crippen molar-refractivity contribution in [1.29, 1.82) is 0 Å². The van der Waals surface area contributed by atoms with Crippen LogP contribution in [0.3, 0.4) is 0 Å². The highest BCUT2D eigenvalue weighted by Gasteiger charge is 2.91. The average molecular weight is 529 g/mol. The van der Waals surface area contributed by atoms with Gasteiger partial charge in [-0.1, -0.05) is 6.92 Å². The van der Waals surface area contributed by atoms with E-state index in [2.05, 4.69) is 0 Å². The summed E-state index contributed by atoms with van der Waals surface area (Å²) in [5.41, 5.74) is -4.21. The first-order valence-corrected chi connectivity index (χ1v) is 13.3. The van der Waals surface area contributed by atoms with Gasteiger partial charge in [0.25, 0.3) is 0 Å². The van der Waals surface area contributed by atoms with E-state index in [0.717, 1.165) is 0 Å². The highest BCUT2D eigenvalue weighted by molar-refractivity contribution is 5.97. The van der Waals surface area contributed by atoms with Crippen LogP contribution in [0.15, 0.2) is 23.0 Å². The lowest BCUT2D eigenvalue weighted by Crippen LogP contribution is -2.76. The van der Waals surface area contributed by atoms with Gasteiger partial charge in [0.05, 0.1) is 36.1 Å². The second-order valence-corrected chi connectivity index (χ2v) is 12.9. The van der Waals surface area contributed by atoms with Crippen LogP contribution in [0.25, 0.3) is 0 Å². The fourth-order valence-corrected chi connectivity index (χ4v) is 9.78. The second-order valence-electron chi connectivity index (χ2n) is 12.9. The largest absolute Gasteiger partial charge is 0.472 e. The zero-order valence-corrected chi connectivity index (χ0v) is 22.1. The second kappa shape index (κ2) is 7.07. The molecule has 10 atom stereocenters. The van der Waals surface area contributed by atoms with Crippen LogP contribution < -0.4 is 0 Å². The smallest absolute Gasteiger partial charge is 0.339 e. The van der Waals surface area contributed by atoms with Crippen molar-refractivity contribution in [2.24, 2.45) is 28.1 Å². The number of hydrogen-bond donors (Lipinski definition) is 0. The highest BCUT2D eigenvalue weighted by atomic mass is 16.7. The molecule has 2 spiro atoms. The molecule has 10 heteroatoms. The van der Waals surface area contributed by atoms with E-state index < -0.39 is 69.7 Å². The van der Waals surface area contributed by atoms with E-state index >= 15 is 0 Å². The average Bonchev–Trinajstić information content (AvgIpc) is 3.31. The van der Waals surface area contributed by atoms with Gasteiger partial charge in [-0.3, -0.25) is 14.4 Å². The highest BCUT2D eigenvalue weighted by Crippen LogP contribution is 2.79. The van der Waals surface area contributed by atoms with Crippen molar-refractivity contribution in [2.45, 2.75) is 89.5 Å². The predicted molar refractivity (Wildman–Crippen MR) is 125 cm³/mol. The summed E-state index contributed by atoms with van der Waals surface area (Å²) >= 11 is 0. The molecule has 10 nitrogen and oxygen atoms in total. The molecule has 1 aromatic rings. The summed E-state index contributed by atoms with van der Waals surface area (Å²) in [6.07, 6.45) is 0.994. The molecule has 1 aromatic heterocycles. The Hall–Kier alpha value is -2.72. The molecule has 4 saturated heterocycles. The van der Waals surface area contributed by atoms with Crippen molar-refractivity contribution in [3.63, 3.8) is 0 Å². The molecule has 7 rings (SSSR count). The SMILES string of the molecule is CC(=O)O[C@@H]1C(=O)[C@]2(C)[C@@H](CC[C@@]3(C)[C@H](c4ccoc4)OC(=O)[C@H]4O[C@]432)[C@@]23COC(=O)C[C@@H]2OC(C)(C)[C@H]13. The van der Waals surface area contributed by atoms with Crippen LogP contribution in [0.5, 0.6) is 0 Å². The third kappa shape index (κ3) is 2.48.